The molecule has 0 saturated heterocycles. The van der Waals surface area contributed by atoms with E-state index in [0.717, 1.165) is 18.4 Å². The molecule has 0 radical (unpaired) electrons. The van der Waals surface area contributed by atoms with Crippen LogP contribution in [0.1, 0.15) is 18.9 Å². The number of carbonyl (C=O) groups is 1. The van der Waals surface area contributed by atoms with Crippen molar-refractivity contribution in [2.24, 2.45) is 0 Å². The van der Waals surface area contributed by atoms with Crippen LogP contribution in [0.4, 0.5) is 10.5 Å². The van der Waals surface area contributed by atoms with E-state index in [1.807, 2.05) is 19.1 Å². The zero-order chi connectivity index (χ0) is 16.8. The smallest absolute Gasteiger partial charge is 0.319 e. The van der Waals surface area contributed by atoms with Crippen molar-refractivity contribution in [1.82, 2.24) is 5.32 Å². The zero-order valence-corrected chi connectivity index (χ0v) is 14.2. The highest BCUT2D eigenvalue weighted by Crippen LogP contribution is 2.24. The molecule has 0 aliphatic carbocycles. The monoisotopic (exact) mass is 352 g/mol. The highest BCUT2D eigenvalue weighted by molar-refractivity contribution is 6.42. The van der Waals surface area contributed by atoms with Gasteiger partial charge in [-0.2, -0.15) is 0 Å². The first kappa shape index (κ1) is 17.4. The molecule has 2 aromatic rings. The van der Waals surface area contributed by atoms with Crippen LogP contribution in [0.2, 0.25) is 10.0 Å². The summed E-state index contributed by atoms with van der Waals surface area (Å²) in [5.41, 5.74) is 1.70. The summed E-state index contributed by atoms with van der Waals surface area (Å²) >= 11 is 11.7. The number of rotatable bonds is 5. The molecule has 0 saturated carbocycles. The van der Waals surface area contributed by atoms with E-state index in [9.17, 15) is 9.90 Å². The maximum absolute atomic E-state index is 11.9. The van der Waals surface area contributed by atoms with Crippen molar-refractivity contribution in [3.8, 4) is 5.75 Å². The third-order valence-electron chi connectivity index (χ3n) is 3.36. The van der Waals surface area contributed by atoms with Gasteiger partial charge in [-0.05, 0) is 55.7 Å². The molecule has 0 aromatic heterocycles. The quantitative estimate of drug-likeness (QED) is 0.720. The number of hydrogen-bond acceptors (Lipinski definition) is 2. The number of phenolic OH excluding ortho intramolecular Hbond substituents is 1. The summed E-state index contributed by atoms with van der Waals surface area (Å²) in [6, 6.07) is 11.7. The number of aromatic hydroxyl groups is 1. The molecule has 23 heavy (non-hydrogen) atoms. The maximum atomic E-state index is 11.9. The molecule has 2 rings (SSSR count). The average molecular weight is 353 g/mol. The van der Waals surface area contributed by atoms with Gasteiger partial charge in [0.2, 0.25) is 0 Å². The molecule has 0 bridgehead atoms. The van der Waals surface area contributed by atoms with Gasteiger partial charge >= 0.3 is 6.03 Å². The number of benzene rings is 2. The Hall–Kier alpha value is -1.91. The lowest BCUT2D eigenvalue weighted by Crippen LogP contribution is -2.36. The van der Waals surface area contributed by atoms with Crippen molar-refractivity contribution in [3.63, 3.8) is 0 Å². The number of amides is 2. The minimum Gasteiger partial charge on any atom is -0.508 e. The van der Waals surface area contributed by atoms with Gasteiger partial charge in [0.15, 0.2) is 0 Å². The van der Waals surface area contributed by atoms with E-state index in [1.165, 1.54) is 0 Å². The Morgan fingerprint density at radius 2 is 1.83 bits per heavy atom. The lowest BCUT2D eigenvalue weighted by molar-refractivity contribution is 0.248. The average Bonchev–Trinajstić information content (AvgIpc) is 2.50. The van der Waals surface area contributed by atoms with Gasteiger partial charge in [-0.3, -0.25) is 0 Å². The molecule has 0 heterocycles. The van der Waals surface area contributed by atoms with Gasteiger partial charge in [-0.1, -0.05) is 35.3 Å². The van der Waals surface area contributed by atoms with E-state index >= 15 is 0 Å². The topological polar surface area (TPSA) is 61.4 Å². The molecular weight excluding hydrogens is 335 g/mol. The van der Waals surface area contributed by atoms with Gasteiger partial charge in [-0.25, -0.2) is 4.79 Å². The number of anilines is 1. The lowest BCUT2D eigenvalue weighted by Gasteiger charge is -2.15. The van der Waals surface area contributed by atoms with Gasteiger partial charge in [0.1, 0.15) is 5.75 Å². The Bertz CT molecular complexity index is 675. The van der Waals surface area contributed by atoms with Crippen LogP contribution < -0.4 is 10.6 Å². The molecule has 0 aliphatic rings. The van der Waals surface area contributed by atoms with Gasteiger partial charge in [0.25, 0.3) is 0 Å². The lowest BCUT2D eigenvalue weighted by atomic mass is 10.1. The summed E-state index contributed by atoms with van der Waals surface area (Å²) < 4.78 is 0. The first-order chi connectivity index (χ1) is 10.9. The third kappa shape index (κ3) is 5.66. The largest absolute Gasteiger partial charge is 0.508 e. The Labute approximate surface area is 145 Å². The van der Waals surface area contributed by atoms with Gasteiger partial charge < -0.3 is 15.7 Å². The second-order valence-corrected chi connectivity index (χ2v) is 6.15. The number of phenols is 1. The summed E-state index contributed by atoms with van der Waals surface area (Å²) in [4.78, 5) is 11.9. The van der Waals surface area contributed by atoms with E-state index < -0.39 is 0 Å². The van der Waals surface area contributed by atoms with E-state index in [1.54, 1.807) is 30.3 Å². The summed E-state index contributed by atoms with van der Waals surface area (Å²) in [5, 5.41) is 15.7. The van der Waals surface area contributed by atoms with Crippen LogP contribution in [0.3, 0.4) is 0 Å². The highest BCUT2D eigenvalue weighted by Gasteiger charge is 2.08. The van der Waals surface area contributed by atoms with Crippen LogP contribution in [-0.2, 0) is 6.42 Å². The number of urea groups is 1. The second kappa shape index (κ2) is 8.09. The predicted octanol–water partition coefficient (Wildman–Crippen LogP) is 4.84. The van der Waals surface area contributed by atoms with E-state index in [-0.39, 0.29) is 17.8 Å². The predicted molar refractivity (Wildman–Crippen MR) is 94.5 cm³/mol. The Morgan fingerprint density at radius 3 is 2.48 bits per heavy atom. The maximum Gasteiger partial charge on any atom is 0.319 e. The van der Waals surface area contributed by atoms with E-state index in [2.05, 4.69) is 10.6 Å². The molecule has 6 heteroatoms. The standard InChI is InChI=1S/C17H18Cl2N2O2/c1-11(2-3-12-4-7-14(22)8-5-12)20-17(23)21-13-6-9-15(18)16(19)10-13/h4-11,22H,2-3H2,1H3,(H2,20,21,23). The van der Waals surface area contributed by atoms with Crippen molar-refractivity contribution in [2.45, 2.75) is 25.8 Å². The van der Waals surface area contributed by atoms with Crippen molar-refractivity contribution >= 4 is 34.9 Å². The molecule has 3 N–H and O–H groups in total. The Balaban J connectivity index is 1.79. The molecular formula is C17H18Cl2N2O2. The highest BCUT2D eigenvalue weighted by atomic mass is 35.5. The number of nitrogens with one attached hydrogen (secondary N) is 2. The molecule has 0 aliphatic heterocycles. The Morgan fingerprint density at radius 1 is 1.13 bits per heavy atom. The molecule has 0 fully saturated rings. The number of halogens is 2. The van der Waals surface area contributed by atoms with Crippen LogP contribution in [-0.4, -0.2) is 17.2 Å². The third-order valence-corrected chi connectivity index (χ3v) is 4.10. The van der Waals surface area contributed by atoms with Crippen molar-refractivity contribution in [1.29, 1.82) is 0 Å². The van der Waals surface area contributed by atoms with Crippen LogP contribution >= 0.6 is 23.2 Å². The fourth-order valence-corrected chi connectivity index (χ4v) is 2.38. The SMILES string of the molecule is CC(CCc1ccc(O)cc1)NC(=O)Nc1ccc(Cl)c(Cl)c1. The first-order valence-electron chi connectivity index (χ1n) is 7.24. The van der Waals surface area contributed by atoms with E-state index in [4.69, 9.17) is 23.2 Å². The van der Waals surface area contributed by atoms with Crippen LogP contribution in [0, 0.1) is 0 Å². The normalized spacial score (nSPS) is 11.8. The molecule has 0 spiro atoms. The fourth-order valence-electron chi connectivity index (χ4n) is 2.08. The van der Waals surface area contributed by atoms with Crippen molar-refractivity contribution < 1.29 is 9.90 Å². The van der Waals surface area contributed by atoms with Crippen LogP contribution in [0.25, 0.3) is 0 Å². The van der Waals surface area contributed by atoms with Crippen LogP contribution in [0.5, 0.6) is 5.75 Å². The van der Waals surface area contributed by atoms with Gasteiger partial charge in [0.05, 0.1) is 10.0 Å². The molecule has 2 amide bonds. The molecule has 4 nitrogen and oxygen atoms in total. The summed E-state index contributed by atoms with van der Waals surface area (Å²) in [6.45, 7) is 1.94. The van der Waals surface area contributed by atoms with Gasteiger partial charge in [0, 0.05) is 11.7 Å². The second-order valence-electron chi connectivity index (χ2n) is 5.33. The summed E-state index contributed by atoms with van der Waals surface area (Å²) in [7, 11) is 0. The number of hydrogen-bond donors (Lipinski definition) is 3. The molecule has 1 atom stereocenters. The zero-order valence-electron chi connectivity index (χ0n) is 12.6. The van der Waals surface area contributed by atoms with Crippen molar-refractivity contribution in [2.75, 3.05) is 5.32 Å². The minimum absolute atomic E-state index is 0.00609. The molecule has 2 aromatic carbocycles. The number of aryl methyl sites for hydroxylation is 1. The fraction of sp³-hybridized carbons (Fsp3) is 0.235. The van der Waals surface area contributed by atoms with Gasteiger partial charge in [-0.15, -0.1) is 0 Å². The molecule has 1 unspecified atom stereocenters. The van der Waals surface area contributed by atoms with Crippen LogP contribution in [0.15, 0.2) is 42.5 Å². The Kier molecular flexibility index (Phi) is 6.13. The van der Waals surface area contributed by atoms with E-state index in [0.29, 0.717) is 15.7 Å². The first-order valence-corrected chi connectivity index (χ1v) is 8.00. The summed E-state index contributed by atoms with van der Waals surface area (Å²) in [5.74, 6) is 0.251. The molecule has 122 valence electrons. The minimum atomic E-state index is -0.290. The van der Waals surface area contributed by atoms with Crippen molar-refractivity contribution in [3.05, 3.63) is 58.1 Å². The summed E-state index contributed by atoms with van der Waals surface area (Å²) in [6.07, 6.45) is 1.61. The number of carbonyl (C=O) groups excluding carboxylic acids is 1.